The van der Waals surface area contributed by atoms with Crippen molar-refractivity contribution in [2.24, 2.45) is 5.73 Å². The van der Waals surface area contributed by atoms with Gasteiger partial charge in [-0.05, 0) is 24.1 Å². The number of nitro groups is 1. The van der Waals surface area contributed by atoms with Crippen molar-refractivity contribution < 1.29 is 4.92 Å². The van der Waals surface area contributed by atoms with E-state index in [2.05, 4.69) is 11.5 Å². The Labute approximate surface area is 140 Å². The standard InChI is InChI=1S/C18H20N4O2/c1-2-5-15(19)18-20-16-6-3-4-7-17(16)21(18)12-13-8-10-14(11-9-13)22(23)24/h3-4,6-11,15H,2,5,12,19H2,1H3. The number of non-ortho nitro benzene ring substituents is 1. The van der Waals surface area contributed by atoms with Gasteiger partial charge in [0.2, 0.25) is 0 Å². The fraction of sp³-hybridized carbons (Fsp3) is 0.278. The lowest BCUT2D eigenvalue weighted by Gasteiger charge is -2.14. The topological polar surface area (TPSA) is 87.0 Å². The largest absolute Gasteiger partial charge is 0.322 e. The highest BCUT2D eigenvalue weighted by atomic mass is 16.6. The molecule has 0 spiro atoms. The first-order valence-corrected chi connectivity index (χ1v) is 8.04. The van der Waals surface area contributed by atoms with Crippen LogP contribution in [0.5, 0.6) is 0 Å². The normalized spacial score (nSPS) is 12.4. The third-order valence-corrected chi connectivity index (χ3v) is 4.10. The maximum Gasteiger partial charge on any atom is 0.269 e. The van der Waals surface area contributed by atoms with E-state index in [9.17, 15) is 10.1 Å². The van der Waals surface area contributed by atoms with E-state index >= 15 is 0 Å². The van der Waals surface area contributed by atoms with Crippen LogP contribution in [0.2, 0.25) is 0 Å². The van der Waals surface area contributed by atoms with Crippen molar-refractivity contribution in [1.82, 2.24) is 9.55 Å². The number of hydrogen-bond acceptors (Lipinski definition) is 4. The molecule has 6 heteroatoms. The number of benzene rings is 2. The number of nitro benzene ring substituents is 1. The van der Waals surface area contributed by atoms with E-state index in [1.54, 1.807) is 12.1 Å². The highest BCUT2D eigenvalue weighted by Gasteiger charge is 2.17. The minimum atomic E-state index is -0.390. The Hall–Kier alpha value is -2.73. The number of aromatic nitrogens is 2. The molecule has 2 aromatic carbocycles. The first-order valence-electron chi connectivity index (χ1n) is 8.04. The van der Waals surface area contributed by atoms with Gasteiger partial charge in [0.05, 0.1) is 22.0 Å². The summed E-state index contributed by atoms with van der Waals surface area (Å²) in [7, 11) is 0. The number of imidazole rings is 1. The SMILES string of the molecule is CCCC(N)c1nc2ccccc2n1Cc1ccc([N+](=O)[O-])cc1. The lowest BCUT2D eigenvalue weighted by molar-refractivity contribution is -0.384. The summed E-state index contributed by atoms with van der Waals surface area (Å²) in [4.78, 5) is 15.1. The van der Waals surface area contributed by atoms with Gasteiger partial charge in [-0.1, -0.05) is 37.6 Å². The van der Waals surface area contributed by atoms with E-state index in [0.717, 1.165) is 35.3 Å². The van der Waals surface area contributed by atoms with Crippen molar-refractivity contribution in [2.75, 3.05) is 0 Å². The van der Waals surface area contributed by atoms with Gasteiger partial charge in [-0.3, -0.25) is 10.1 Å². The van der Waals surface area contributed by atoms with Crippen LogP contribution in [-0.4, -0.2) is 14.5 Å². The molecule has 6 nitrogen and oxygen atoms in total. The lowest BCUT2D eigenvalue weighted by Crippen LogP contribution is -2.17. The van der Waals surface area contributed by atoms with E-state index in [4.69, 9.17) is 10.7 Å². The molecule has 1 aromatic heterocycles. The molecule has 1 atom stereocenters. The zero-order valence-corrected chi connectivity index (χ0v) is 13.6. The summed E-state index contributed by atoms with van der Waals surface area (Å²) >= 11 is 0. The molecule has 1 heterocycles. The fourth-order valence-corrected chi connectivity index (χ4v) is 2.89. The van der Waals surface area contributed by atoms with E-state index in [-0.39, 0.29) is 16.7 Å². The Morgan fingerprint density at radius 1 is 1.21 bits per heavy atom. The summed E-state index contributed by atoms with van der Waals surface area (Å²) in [5.74, 6) is 0.858. The van der Waals surface area contributed by atoms with Crippen LogP contribution in [0.4, 0.5) is 5.69 Å². The molecule has 0 aliphatic heterocycles. The highest BCUT2D eigenvalue weighted by Crippen LogP contribution is 2.24. The molecule has 2 N–H and O–H groups in total. The quantitative estimate of drug-likeness (QED) is 0.552. The Bertz CT molecular complexity index is 855. The van der Waals surface area contributed by atoms with Crippen molar-refractivity contribution >= 4 is 16.7 Å². The van der Waals surface area contributed by atoms with Gasteiger partial charge in [0, 0.05) is 18.7 Å². The van der Waals surface area contributed by atoms with Gasteiger partial charge in [0.25, 0.3) is 5.69 Å². The first-order chi connectivity index (χ1) is 11.6. The van der Waals surface area contributed by atoms with Crippen LogP contribution in [0, 0.1) is 10.1 Å². The summed E-state index contributed by atoms with van der Waals surface area (Å²) in [6.07, 6.45) is 1.85. The molecule has 0 fully saturated rings. The van der Waals surface area contributed by atoms with Crippen molar-refractivity contribution in [3.63, 3.8) is 0 Å². The molecule has 0 saturated heterocycles. The fourth-order valence-electron chi connectivity index (χ4n) is 2.89. The lowest BCUT2D eigenvalue weighted by atomic mass is 10.1. The second-order valence-electron chi connectivity index (χ2n) is 5.86. The van der Waals surface area contributed by atoms with E-state index < -0.39 is 0 Å². The van der Waals surface area contributed by atoms with Crippen LogP contribution in [-0.2, 0) is 6.54 Å². The Morgan fingerprint density at radius 2 is 1.92 bits per heavy atom. The van der Waals surface area contributed by atoms with Gasteiger partial charge >= 0.3 is 0 Å². The summed E-state index contributed by atoms with van der Waals surface area (Å²) in [6, 6.07) is 14.4. The van der Waals surface area contributed by atoms with Gasteiger partial charge in [-0.2, -0.15) is 0 Å². The van der Waals surface area contributed by atoms with E-state index in [1.807, 2.05) is 24.3 Å². The van der Waals surface area contributed by atoms with Crippen LogP contribution in [0.25, 0.3) is 11.0 Å². The van der Waals surface area contributed by atoms with Crippen molar-refractivity contribution in [3.05, 3.63) is 70.0 Å². The molecule has 1 unspecified atom stereocenters. The molecule has 0 amide bonds. The molecule has 0 aliphatic rings. The third kappa shape index (κ3) is 3.14. The second kappa shape index (κ2) is 6.80. The van der Waals surface area contributed by atoms with Crippen LogP contribution < -0.4 is 5.73 Å². The molecule has 0 radical (unpaired) electrons. The zero-order chi connectivity index (χ0) is 17.1. The van der Waals surface area contributed by atoms with E-state index in [0.29, 0.717) is 6.54 Å². The van der Waals surface area contributed by atoms with Crippen molar-refractivity contribution in [3.8, 4) is 0 Å². The predicted octanol–water partition coefficient (Wildman–Crippen LogP) is 3.79. The Balaban J connectivity index is 2.00. The van der Waals surface area contributed by atoms with Gasteiger partial charge in [0.1, 0.15) is 5.82 Å². The smallest absolute Gasteiger partial charge is 0.269 e. The second-order valence-corrected chi connectivity index (χ2v) is 5.86. The maximum atomic E-state index is 10.8. The van der Waals surface area contributed by atoms with Crippen LogP contribution in [0.3, 0.4) is 0 Å². The van der Waals surface area contributed by atoms with Crippen LogP contribution in [0.15, 0.2) is 48.5 Å². The zero-order valence-electron chi connectivity index (χ0n) is 13.6. The summed E-state index contributed by atoms with van der Waals surface area (Å²) in [5.41, 5.74) is 9.33. The number of nitrogens with two attached hydrogens (primary N) is 1. The van der Waals surface area contributed by atoms with Crippen molar-refractivity contribution in [2.45, 2.75) is 32.4 Å². The molecule has 0 saturated carbocycles. The minimum Gasteiger partial charge on any atom is -0.322 e. The third-order valence-electron chi connectivity index (χ3n) is 4.10. The molecule has 3 rings (SSSR count). The Morgan fingerprint density at radius 3 is 2.58 bits per heavy atom. The maximum absolute atomic E-state index is 10.8. The number of para-hydroxylation sites is 2. The molecular formula is C18H20N4O2. The van der Waals surface area contributed by atoms with Gasteiger partial charge in [-0.15, -0.1) is 0 Å². The number of rotatable bonds is 6. The van der Waals surface area contributed by atoms with Gasteiger partial charge in [-0.25, -0.2) is 4.98 Å². The first kappa shape index (κ1) is 16.1. The van der Waals surface area contributed by atoms with Gasteiger partial charge in [0.15, 0.2) is 0 Å². The molecule has 0 aliphatic carbocycles. The molecule has 3 aromatic rings. The van der Waals surface area contributed by atoms with Gasteiger partial charge < -0.3 is 10.3 Å². The number of hydrogen-bond donors (Lipinski definition) is 1. The number of nitrogens with zero attached hydrogens (tertiary/aromatic N) is 3. The summed E-state index contributed by atoms with van der Waals surface area (Å²) in [5, 5.41) is 10.8. The predicted molar refractivity (Wildman–Crippen MR) is 93.8 cm³/mol. The Kier molecular flexibility index (Phi) is 4.57. The summed E-state index contributed by atoms with van der Waals surface area (Å²) < 4.78 is 2.11. The van der Waals surface area contributed by atoms with Crippen LogP contribution >= 0.6 is 0 Å². The molecule has 24 heavy (non-hydrogen) atoms. The average Bonchev–Trinajstić information content (AvgIpc) is 2.94. The number of fused-ring (bicyclic) bond motifs is 1. The van der Waals surface area contributed by atoms with Crippen LogP contribution in [0.1, 0.15) is 37.2 Å². The molecule has 0 bridgehead atoms. The minimum absolute atomic E-state index is 0.0946. The van der Waals surface area contributed by atoms with Crippen molar-refractivity contribution in [1.29, 1.82) is 0 Å². The average molecular weight is 324 g/mol. The molecule has 124 valence electrons. The van der Waals surface area contributed by atoms with E-state index in [1.165, 1.54) is 12.1 Å². The monoisotopic (exact) mass is 324 g/mol. The highest BCUT2D eigenvalue weighted by molar-refractivity contribution is 5.76. The summed E-state index contributed by atoms with van der Waals surface area (Å²) in [6.45, 7) is 2.69. The molecular weight excluding hydrogens is 304 g/mol.